The van der Waals surface area contributed by atoms with Crippen molar-refractivity contribution in [1.29, 1.82) is 5.26 Å². The highest BCUT2D eigenvalue weighted by Gasteiger charge is 2.28. The molecule has 1 aliphatic rings. The Kier molecular flexibility index (Phi) is 4.97. The van der Waals surface area contributed by atoms with Gasteiger partial charge in [0.05, 0.1) is 15.5 Å². The maximum Gasteiger partial charge on any atom is 0.240 e. The minimum atomic E-state index is -3.58. The fraction of sp³-hybridized carbons (Fsp3) is 0.462. The van der Waals surface area contributed by atoms with Crippen LogP contribution in [-0.4, -0.2) is 26.0 Å². The van der Waals surface area contributed by atoms with Crippen molar-refractivity contribution in [3.8, 4) is 6.07 Å². The van der Waals surface area contributed by atoms with Gasteiger partial charge in [-0.25, -0.2) is 13.1 Å². The SMILES string of the molecule is CSC1CCC(NS(=O)(=O)c2ccc(C#N)c(Cl)c2)C1. The molecule has 1 aliphatic carbocycles. The number of sulfonamides is 1. The molecule has 1 saturated carbocycles. The Morgan fingerprint density at radius 1 is 1.45 bits per heavy atom. The maximum atomic E-state index is 12.3. The summed E-state index contributed by atoms with van der Waals surface area (Å²) in [5.41, 5.74) is 0.272. The standard InChI is InChI=1S/C13H15ClN2O2S2/c1-19-11-4-3-10(6-11)16-20(17,18)12-5-2-9(8-15)13(14)7-12/h2,5,7,10-11,16H,3-4,6H2,1H3. The van der Waals surface area contributed by atoms with Gasteiger partial charge in [0.25, 0.3) is 0 Å². The molecule has 0 spiro atoms. The Balaban J connectivity index is 2.15. The van der Waals surface area contributed by atoms with Crippen molar-refractivity contribution in [3.63, 3.8) is 0 Å². The monoisotopic (exact) mass is 330 g/mol. The van der Waals surface area contributed by atoms with Crippen LogP contribution in [0.15, 0.2) is 23.1 Å². The van der Waals surface area contributed by atoms with Gasteiger partial charge in [-0.15, -0.1) is 0 Å². The highest BCUT2D eigenvalue weighted by atomic mass is 35.5. The van der Waals surface area contributed by atoms with Gasteiger partial charge < -0.3 is 0 Å². The van der Waals surface area contributed by atoms with E-state index in [-0.39, 0.29) is 21.5 Å². The molecule has 1 aromatic carbocycles. The van der Waals surface area contributed by atoms with Crippen LogP contribution in [0.1, 0.15) is 24.8 Å². The van der Waals surface area contributed by atoms with Crippen molar-refractivity contribution in [2.45, 2.75) is 35.4 Å². The molecule has 0 aliphatic heterocycles. The van der Waals surface area contributed by atoms with Gasteiger partial charge in [-0.05, 0) is 43.7 Å². The first kappa shape index (κ1) is 15.6. The van der Waals surface area contributed by atoms with Gasteiger partial charge in [0.15, 0.2) is 0 Å². The molecule has 0 aromatic heterocycles. The average molecular weight is 331 g/mol. The topological polar surface area (TPSA) is 70.0 Å². The molecule has 2 unspecified atom stereocenters. The lowest BCUT2D eigenvalue weighted by molar-refractivity contribution is 0.552. The highest BCUT2D eigenvalue weighted by Crippen LogP contribution is 2.29. The zero-order chi connectivity index (χ0) is 14.8. The van der Waals surface area contributed by atoms with Crippen LogP contribution in [-0.2, 0) is 10.0 Å². The second-order valence-corrected chi connectivity index (χ2v) is 8.00. The number of nitriles is 1. The molecule has 0 amide bonds. The van der Waals surface area contributed by atoms with Gasteiger partial charge in [0, 0.05) is 11.3 Å². The first-order chi connectivity index (χ1) is 9.46. The molecule has 0 radical (unpaired) electrons. The lowest BCUT2D eigenvalue weighted by Crippen LogP contribution is -2.33. The molecule has 2 atom stereocenters. The Labute approximate surface area is 128 Å². The molecule has 7 heteroatoms. The molecule has 1 N–H and O–H groups in total. The number of halogens is 1. The summed E-state index contributed by atoms with van der Waals surface area (Å²) in [5.74, 6) is 0. The fourth-order valence-corrected chi connectivity index (χ4v) is 4.70. The van der Waals surface area contributed by atoms with E-state index in [1.54, 1.807) is 11.8 Å². The largest absolute Gasteiger partial charge is 0.240 e. The molecule has 20 heavy (non-hydrogen) atoms. The zero-order valence-corrected chi connectivity index (χ0v) is 13.4. The van der Waals surface area contributed by atoms with Crippen LogP contribution in [0.5, 0.6) is 0 Å². The highest BCUT2D eigenvalue weighted by molar-refractivity contribution is 7.99. The summed E-state index contributed by atoms with van der Waals surface area (Å²) in [6, 6.07) is 6.05. The minimum Gasteiger partial charge on any atom is -0.208 e. The van der Waals surface area contributed by atoms with Crippen LogP contribution in [0.3, 0.4) is 0 Å². The number of hydrogen-bond acceptors (Lipinski definition) is 4. The van der Waals surface area contributed by atoms with Crippen LogP contribution in [0.2, 0.25) is 5.02 Å². The van der Waals surface area contributed by atoms with E-state index < -0.39 is 10.0 Å². The molecule has 108 valence electrons. The molecule has 0 saturated heterocycles. The van der Waals surface area contributed by atoms with Crippen molar-refractivity contribution in [1.82, 2.24) is 4.72 Å². The number of benzene rings is 1. The van der Waals surface area contributed by atoms with Crippen LogP contribution in [0.25, 0.3) is 0 Å². The van der Waals surface area contributed by atoms with Crippen LogP contribution in [0, 0.1) is 11.3 Å². The first-order valence-electron chi connectivity index (χ1n) is 6.21. The predicted octanol–water partition coefficient (Wildman–Crippen LogP) is 2.77. The van der Waals surface area contributed by atoms with Crippen molar-refractivity contribution in [3.05, 3.63) is 28.8 Å². The van der Waals surface area contributed by atoms with Crippen LogP contribution >= 0.6 is 23.4 Å². The van der Waals surface area contributed by atoms with Crippen molar-refractivity contribution >= 4 is 33.4 Å². The number of rotatable bonds is 4. The third kappa shape index (κ3) is 3.47. The van der Waals surface area contributed by atoms with Gasteiger partial charge >= 0.3 is 0 Å². The minimum absolute atomic E-state index is 0.0214. The van der Waals surface area contributed by atoms with Crippen molar-refractivity contribution in [2.75, 3.05) is 6.26 Å². The zero-order valence-electron chi connectivity index (χ0n) is 11.0. The van der Waals surface area contributed by atoms with E-state index in [0.29, 0.717) is 5.25 Å². The Hall–Kier alpha value is -0.740. The van der Waals surface area contributed by atoms with E-state index in [1.165, 1.54) is 18.2 Å². The van der Waals surface area contributed by atoms with Gasteiger partial charge in [-0.2, -0.15) is 17.0 Å². The van der Waals surface area contributed by atoms with E-state index in [9.17, 15) is 8.42 Å². The van der Waals surface area contributed by atoms with Gasteiger partial charge in [0.2, 0.25) is 10.0 Å². The molecule has 0 bridgehead atoms. The van der Waals surface area contributed by atoms with Crippen molar-refractivity contribution < 1.29 is 8.42 Å². The molecular weight excluding hydrogens is 316 g/mol. The van der Waals surface area contributed by atoms with Crippen LogP contribution < -0.4 is 4.72 Å². The van der Waals surface area contributed by atoms with Crippen molar-refractivity contribution in [2.24, 2.45) is 0 Å². The van der Waals surface area contributed by atoms with Gasteiger partial charge in [0.1, 0.15) is 6.07 Å². The van der Waals surface area contributed by atoms with Gasteiger partial charge in [-0.3, -0.25) is 0 Å². The molecular formula is C13H15ClN2O2S2. The predicted molar refractivity (Wildman–Crippen MR) is 81.4 cm³/mol. The molecule has 1 aromatic rings. The number of hydrogen-bond donors (Lipinski definition) is 1. The summed E-state index contributed by atoms with van der Waals surface area (Å²) in [6.07, 6.45) is 4.78. The lowest BCUT2D eigenvalue weighted by Gasteiger charge is -2.13. The molecule has 4 nitrogen and oxygen atoms in total. The summed E-state index contributed by atoms with van der Waals surface area (Å²) >= 11 is 7.65. The van der Waals surface area contributed by atoms with Crippen LogP contribution in [0.4, 0.5) is 0 Å². The quantitative estimate of drug-likeness (QED) is 0.921. The summed E-state index contributed by atoms with van der Waals surface area (Å²) < 4.78 is 27.3. The average Bonchev–Trinajstić information content (AvgIpc) is 2.85. The number of thioether (sulfide) groups is 1. The smallest absolute Gasteiger partial charge is 0.208 e. The Morgan fingerprint density at radius 3 is 2.75 bits per heavy atom. The summed E-state index contributed by atoms with van der Waals surface area (Å²) in [6.45, 7) is 0. The molecule has 0 heterocycles. The maximum absolute atomic E-state index is 12.3. The lowest BCUT2D eigenvalue weighted by atomic mass is 10.2. The summed E-state index contributed by atoms with van der Waals surface area (Å²) in [4.78, 5) is 0.106. The third-order valence-corrected chi connectivity index (χ3v) is 6.34. The van der Waals surface area contributed by atoms with E-state index in [0.717, 1.165) is 19.3 Å². The first-order valence-corrected chi connectivity index (χ1v) is 9.36. The van der Waals surface area contributed by atoms with E-state index >= 15 is 0 Å². The fourth-order valence-electron chi connectivity index (χ4n) is 2.30. The van der Waals surface area contributed by atoms with Gasteiger partial charge in [-0.1, -0.05) is 11.6 Å². The van der Waals surface area contributed by atoms with E-state index in [1.807, 2.05) is 12.3 Å². The normalized spacial score (nSPS) is 22.6. The molecule has 1 fully saturated rings. The molecule has 2 rings (SSSR count). The third-order valence-electron chi connectivity index (χ3n) is 3.41. The van der Waals surface area contributed by atoms with E-state index in [4.69, 9.17) is 16.9 Å². The Bertz CT molecular complexity index is 640. The summed E-state index contributed by atoms with van der Waals surface area (Å²) in [5, 5.41) is 9.47. The van der Waals surface area contributed by atoms with E-state index in [2.05, 4.69) is 4.72 Å². The second-order valence-electron chi connectivity index (χ2n) is 4.74. The summed E-state index contributed by atoms with van der Waals surface area (Å²) in [7, 11) is -3.58. The Morgan fingerprint density at radius 2 is 2.20 bits per heavy atom. The second kappa shape index (κ2) is 6.35. The number of nitrogens with zero attached hydrogens (tertiary/aromatic N) is 1. The number of nitrogens with one attached hydrogen (secondary N) is 1.